The summed E-state index contributed by atoms with van der Waals surface area (Å²) in [5.74, 6) is 0.486. The number of carbonyl (C=O) groups is 1. The van der Waals surface area contributed by atoms with Gasteiger partial charge in [-0.05, 0) is 32.0 Å². The van der Waals surface area contributed by atoms with Crippen molar-refractivity contribution in [1.29, 1.82) is 0 Å². The maximum absolute atomic E-state index is 12.1. The van der Waals surface area contributed by atoms with Crippen molar-refractivity contribution in [2.45, 2.75) is 31.8 Å². The summed E-state index contributed by atoms with van der Waals surface area (Å²) in [6, 6.07) is 10.0. The second kappa shape index (κ2) is 7.93. The van der Waals surface area contributed by atoms with E-state index >= 15 is 0 Å². The fraction of sp³-hybridized carbons (Fsp3) is 0.333. The number of thiazole rings is 1. The molecule has 2 aromatic heterocycles. The predicted molar refractivity (Wildman–Crippen MR) is 103 cm³/mol. The molecule has 1 N–H and O–H groups in total. The van der Waals surface area contributed by atoms with Crippen LogP contribution in [0.5, 0.6) is 0 Å². The molecule has 1 amide bonds. The number of hydrogen-bond acceptors (Lipinski definition) is 6. The highest BCUT2D eigenvalue weighted by atomic mass is 32.2. The number of fused-ring (bicyclic) bond motifs is 1. The zero-order valence-electron chi connectivity index (χ0n) is 14.4. The van der Waals surface area contributed by atoms with E-state index in [9.17, 15) is 4.79 Å². The van der Waals surface area contributed by atoms with E-state index in [1.807, 2.05) is 38.1 Å². The van der Waals surface area contributed by atoms with Crippen LogP contribution >= 0.6 is 23.1 Å². The standard InChI is InChI=1S/C18H20N4OS2/c1-11(17-22-14-6-4-5-7-15(14)25-17)9-19-16(23)10-24-18-20-12(2)8-13(3)21-18/h4-8,11H,9-10H2,1-3H3,(H,19,23). The van der Waals surface area contributed by atoms with Gasteiger partial charge in [0.25, 0.3) is 0 Å². The lowest BCUT2D eigenvalue weighted by atomic mass is 10.2. The van der Waals surface area contributed by atoms with E-state index < -0.39 is 0 Å². The number of nitrogens with zero attached hydrogens (tertiary/aromatic N) is 3. The number of aryl methyl sites for hydroxylation is 2. The molecule has 130 valence electrons. The average molecular weight is 373 g/mol. The van der Waals surface area contributed by atoms with Gasteiger partial charge < -0.3 is 5.32 Å². The minimum absolute atomic E-state index is 0.0132. The number of benzene rings is 1. The Morgan fingerprint density at radius 1 is 1.20 bits per heavy atom. The molecule has 5 nitrogen and oxygen atoms in total. The quantitative estimate of drug-likeness (QED) is 0.528. The van der Waals surface area contributed by atoms with Gasteiger partial charge in [-0.15, -0.1) is 11.3 Å². The Hall–Kier alpha value is -1.99. The molecule has 1 unspecified atom stereocenters. The van der Waals surface area contributed by atoms with Crippen molar-refractivity contribution >= 4 is 39.2 Å². The fourth-order valence-corrected chi connectivity index (χ4v) is 4.19. The number of para-hydroxylation sites is 1. The highest BCUT2D eigenvalue weighted by Gasteiger charge is 2.13. The second-order valence-electron chi connectivity index (χ2n) is 5.95. The zero-order chi connectivity index (χ0) is 17.8. The minimum Gasteiger partial charge on any atom is -0.355 e. The van der Waals surface area contributed by atoms with Crippen molar-refractivity contribution < 1.29 is 4.79 Å². The van der Waals surface area contributed by atoms with Gasteiger partial charge in [-0.25, -0.2) is 15.0 Å². The van der Waals surface area contributed by atoms with Crippen LogP contribution in [0.25, 0.3) is 10.2 Å². The summed E-state index contributed by atoms with van der Waals surface area (Å²) in [6.07, 6.45) is 0. The van der Waals surface area contributed by atoms with Gasteiger partial charge in [0, 0.05) is 23.9 Å². The van der Waals surface area contributed by atoms with Crippen LogP contribution in [0.1, 0.15) is 29.2 Å². The van der Waals surface area contributed by atoms with Crippen LogP contribution in [0.15, 0.2) is 35.5 Å². The normalized spacial score (nSPS) is 12.3. The third-order valence-electron chi connectivity index (χ3n) is 3.63. The summed E-state index contributed by atoms with van der Waals surface area (Å²) >= 11 is 3.04. The van der Waals surface area contributed by atoms with Gasteiger partial charge >= 0.3 is 0 Å². The van der Waals surface area contributed by atoms with Crippen molar-refractivity contribution in [2.24, 2.45) is 0 Å². The monoisotopic (exact) mass is 372 g/mol. The van der Waals surface area contributed by atoms with Gasteiger partial charge in [0.05, 0.1) is 21.0 Å². The predicted octanol–water partition coefficient (Wildman–Crippen LogP) is 3.72. The van der Waals surface area contributed by atoms with Crippen LogP contribution in [0, 0.1) is 13.8 Å². The Bertz CT molecular complexity index is 840. The molecule has 1 atom stereocenters. The Balaban J connectivity index is 1.51. The molecular formula is C18H20N4OS2. The molecule has 2 heterocycles. The van der Waals surface area contributed by atoms with Gasteiger partial charge in [0.2, 0.25) is 5.91 Å². The van der Waals surface area contributed by atoms with E-state index in [1.54, 1.807) is 11.3 Å². The van der Waals surface area contributed by atoms with Crippen molar-refractivity contribution in [1.82, 2.24) is 20.3 Å². The zero-order valence-corrected chi connectivity index (χ0v) is 16.1. The SMILES string of the molecule is Cc1cc(C)nc(SCC(=O)NCC(C)c2nc3ccccc3s2)n1. The summed E-state index contributed by atoms with van der Waals surface area (Å²) in [7, 11) is 0. The van der Waals surface area contributed by atoms with Gasteiger partial charge in [0.1, 0.15) is 0 Å². The van der Waals surface area contributed by atoms with Gasteiger partial charge in [-0.3, -0.25) is 4.79 Å². The summed E-state index contributed by atoms with van der Waals surface area (Å²) in [6.45, 7) is 6.52. The first-order valence-electron chi connectivity index (χ1n) is 8.08. The first-order chi connectivity index (χ1) is 12.0. The van der Waals surface area contributed by atoms with Crippen molar-refractivity contribution in [3.05, 3.63) is 46.7 Å². The van der Waals surface area contributed by atoms with Crippen LogP contribution in [-0.2, 0) is 4.79 Å². The molecule has 0 aliphatic heterocycles. The van der Waals surface area contributed by atoms with Crippen LogP contribution in [0.3, 0.4) is 0 Å². The number of amides is 1. The molecule has 0 saturated heterocycles. The molecule has 0 saturated carbocycles. The van der Waals surface area contributed by atoms with E-state index in [2.05, 4.69) is 33.3 Å². The summed E-state index contributed by atoms with van der Waals surface area (Å²) in [4.78, 5) is 25.4. The number of hydrogen-bond donors (Lipinski definition) is 1. The van der Waals surface area contributed by atoms with Gasteiger partial charge in [-0.2, -0.15) is 0 Å². The topological polar surface area (TPSA) is 67.8 Å². The number of aromatic nitrogens is 3. The number of rotatable bonds is 6. The molecule has 3 aromatic rings. The third kappa shape index (κ3) is 4.76. The Labute approximate surface area is 155 Å². The smallest absolute Gasteiger partial charge is 0.230 e. The van der Waals surface area contributed by atoms with Crippen LogP contribution < -0.4 is 5.32 Å². The lowest BCUT2D eigenvalue weighted by Gasteiger charge is -2.10. The van der Waals surface area contributed by atoms with Crippen LogP contribution in [-0.4, -0.2) is 33.2 Å². The number of thioether (sulfide) groups is 1. The first-order valence-corrected chi connectivity index (χ1v) is 9.88. The van der Waals surface area contributed by atoms with Crippen molar-refractivity contribution in [2.75, 3.05) is 12.3 Å². The molecule has 7 heteroatoms. The largest absolute Gasteiger partial charge is 0.355 e. The molecule has 1 aromatic carbocycles. The summed E-state index contributed by atoms with van der Waals surface area (Å²) < 4.78 is 1.18. The molecule has 3 rings (SSSR count). The van der Waals surface area contributed by atoms with E-state index in [4.69, 9.17) is 0 Å². The second-order valence-corrected chi connectivity index (χ2v) is 7.95. The fourth-order valence-electron chi connectivity index (χ4n) is 2.39. The van der Waals surface area contributed by atoms with Crippen LogP contribution in [0.2, 0.25) is 0 Å². The Morgan fingerprint density at radius 2 is 1.92 bits per heavy atom. The summed E-state index contributed by atoms with van der Waals surface area (Å²) in [5, 5.41) is 4.67. The maximum Gasteiger partial charge on any atom is 0.230 e. The van der Waals surface area contributed by atoms with Crippen molar-refractivity contribution in [3.8, 4) is 0 Å². The maximum atomic E-state index is 12.1. The number of carbonyl (C=O) groups excluding carboxylic acids is 1. The first kappa shape index (κ1) is 17.8. The van der Waals surface area contributed by atoms with Crippen molar-refractivity contribution in [3.63, 3.8) is 0 Å². The molecule has 0 fully saturated rings. The Kier molecular flexibility index (Phi) is 5.65. The van der Waals surface area contributed by atoms with E-state index in [1.165, 1.54) is 16.5 Å². The molecule has 0 aliphatic carbocycles. The van der Waals surface area contributed by atoms with E-state index in [0.29, 0.717) is 17.5 Å². The minimum atomic E-state index is -0.0132. The Morgan fingerprint density at radius 3 is 2.64 bits per heavy atom. The lowest BCUT2D eigenvalue weighted by molar-refractivity contribution is -0.118. The highest BCUT2D eigenvalue weighted by molar-refractivity contribution is 7.99. The average Bonchev–Trinajstić information content (AvgIpc) is 3.01. The third-order valence-corrected chi connectivity index (χ3v) is 5.75. The number of nitrogens with one attached hydrogen (secondary N) is 1. The van der Waals surface area contributed by atoms with E-state index in [-0.39, 0.29) is 11.8 Å². The molecule has 0 aliphatic rings. The molecular weight excluding hydrogens is 352 g/mol. The molecule has 25 heavy (non-hydrogen) atoms. The van der Waals surface area contributed by atoms with Crippen LogP contribution in [0.4, 0.5) is 0 Å². The van der Waals surface area contributed by atoms with E-state index in [0.717, 1.165) is 21.9 Å². The highest BCUT2D eigenvalue weighted by Crippen LogP contribution is 2.26. The molecule has 0 radical (unpaired) electrons. The summed E-state index contributed by atoms with van der Waals surface area (Å²) in [5.41, 5.74) is 2.85. The van der Waals surface area contributed by atoms with Gasteiger partial charge in [0.15, 0.2) is 5.16 Å². The molecule has 0 bridgehead atoms. The lowest BCUT2D eigenvalue weighted by Crippen LogP contribution is -2.29. The molecule has 0 spiro atoms. The van der Waals surface area contributed by atoms with Gasteiger partial charge in [-0.1, -0.05) is 30.8 Å².